The van der Waals surface area contributed by atoms with E-state index >= 15 is 0 Å². The number of carbonyl (C=O) groups is 1. The highest BCUT2D eigenvalue weighted by atomic mass is 19.1. The number of piperidine rings is 1. The van der Waals surface area contributed by atoms with E-state index in [1.165, 1.54) is 17.0 Å². The summed E-state index contributed by atoms with van der Waals surface area (Å²) >= 11 is 0. The lowest BCUT2D eigenvalue weighted by molar-refractivity contribution is -0.0121. The monoisotopic (exact) mass is 329 g/mol. The second-order valence-electron chi connectivity index (χ2n) is 6.18. The summed E-state index contributed by atoms with van der Waals surface area (Å²) in [6.45, 7) is 0.771. The van der Waals surface area contributed by atoms with Crippen LogP contribution in [-0.4, -0.2) is 34.3 Å². The lowest BCUT2D eigenvalue weighted by Crippen LogP contribution is -2.45. The van der Waals surface area contributed by atoms with Crippen LogP contribution in [0.5, 0.6) is 0 Å². The van der Waals surface area contributed by atoms with E-state index in [2.05, 4.69) is 0 Å². The lowest BCUT2D eigenvalue weighted by atomic mass is 9.72. The third kappa shape index (κ3) is 2.99. The van der Waals surface area contributed by atoms with Crippen LogP contribution < -0.4 is 0 Å². The molecule has 1 aliphatic rings. The zero-order valence-electron chi connectivity index (χ0n) is 13.2. The fourth-order valence-electron chi connectivity index (χ4n) is 3.52. The van der Waals surface area contributed by atoms with Crippen LogP contribution >= 0.6 is 0 Å². The van der Waals surface area contributed by atoms with Gasteiger partial charge >= 0.3 is 6.09 Å². The minimum atomic E-state index is -1.26. The summed E-state index contributed by atoms with van der Waals surface area (Å²) < 4.78 is 13.3. The van der Waals surface area contributed by atoms with Gasteiger partial charge in [0.05, 0.1) is 0 Å². The second kappa shape index (κ2) is 6.61. The van der Waals surface area contributed by atoms with Crippen molar-refractivity contribution in [3.63, 3.8) is 0 Å². The molecule has 2 aromatic rings. The van der Waals surface area contributed by atoms with Gasteiger partial charge in [0.15, 0.2) is 0 Å². The molecule has 3 rings (SSSR count). The molecule has 2 aromatic carbocycles. The van der Waals surface area contributed by atoms with Gasteiger partial charge in [0.1, 0.15) is 11.4 Å². The van der Waals surface area contributed by atoms with Gasteiger partial charge < -0.3 is 15.1 Å². The lowest BCUT2D eigenvalue weighted by Gasteiger charge is -2.41. The fourth-order valence-corrected chi connectivity index (χ4v) is 3.52. The summed E-state index contributed by atoms with van der Waals surface area (Å²) in [6, 6.07) is 15.2. The van der Waals surface area contributed by atoms with Crippen molar-refractivity contribution in [2.45, 2.75) is 18.4 Å². The fraction of sp³-hybridized carbons (Fsp3) is 0.316. The Morgan fingerprint density at radius 1 is 1.00 bits per heavy atom. The third-order valence-electron chi connectivity index (χ3n) is 4.85. The number of rotatable bonds is 3. The van der Waals surface area contributed by atoms with E-state index in [0.717, 1.165) is 5.56 Å². The van der Waals surface area contributed by atoms with E-state index in [-0.39, 0.29) is 11.7 Å². The molecule has 2 N–H and O–H groups in total. The van der Waals surface area contributed by atoms with Gasteiger partial charge in [-0.1, -0.05) is 42.5 Å². The topological polar surface area (TPSA) is 60.8 Å². The average Bonchev–Trinajstić information content (AvgIpc) is 2.62. The number of likely N-dealkylation sites (tertiary alicyclic amines) is 1. The number of amides is 1. The van der Waals surface area contributed by atoms with Crippen LogP contribution in [0, 0.1) is 11.7 Å². The van der Waals surface area contributed by atoms with Gasteiger partial charge in [-0.05, 0) is 42.0 Å². The normalized spacial score (nSPS) is 18.2. The van der Waals surface area contributed by atoms with Crippen LogP contribution in [-0.2, 0) is 5.60 Å². The second-order valence-corrected chi connectivity index (χ2v) is 6.18. The van der Waals surface area contributed by atoms with E-state index in [1.807, 2.05) is 30.3 Å². The van der Waals surface area contributed by atoms with Crippen LogP contribution in [0.3, 0.4) is 0 Å². The van der Waals surface area contributed by atoms with E-state index in [4.69, 9.17) is 5.11 Å². The molecular weight excluding hydrogens is 309 g/mol. The van der Waals surface area contributed by atoms with Gasteiger partial charge in [0, 0.05) is 13.1 Å². The van der Waals surface area contributed by atoms with Crippen LogP contribution in [0.2, 0.25) is 0 Å². The first-order chi connectivity index (χ1) is 11.5. The van der Waals surface area contributed by atoms with Crippen molar-refractivity contribution in [1.82, 2.24) is 4.90 Å². The van der Waals surface area contributed by atoms with Crippen molar-refractivity contribution in [2.75, 3.05) is 13.1 Å². The van der Waals surface area contributed by atoms with Gasteiger partial charge in [0.25, 0.3) is 0 Å². The molecule has 0 spiro atoms. The molecule has 0 bridgehead atoms. The maximum absolute atomic E-state index is 13.3. The summed E-state index contributed by atoms with van der Waals surface area (Å²) in [5.74, 6) is -0.490. The Bertz CT molecular complexity index is 696. The van der Waals surface area contributed by atoms with Crippen LogP contribution in [0.15, 0.2) is 54.6 Å². The number of benzene rings is 2. The minimum absolute atomic E-state index is 0.138. The van der Waals surface area contributed by atoms with Crippen molar-refractivity contribution < 1.29 is 19.4 Å². The first kappa shape index (κ1) is 16.5. The third-order valence-corrected chi connectivity index (χ3v) is 4.85. The number of nitrogens with zero attached hydrogens (tertiary/aromatic N) is 1. The van der Waals surface area contributed by atoms with Crippen molar-refractivity contribution in [3.05, 3.63) is 71.5 Å². The Morgan fingerprint density at radius 3 is 2.08 bits per heavy atom. The molecule has 0 radical (unpaired) electrons. The first-order valence-corrected chi connectivity index (χ1v) is 8.03. The SMILES string of the molecule is O=C(O)N1CCC(C(O)(c2ccccc2)c2ccc(F)cc2)CC1. The first-order valence-electron chi connectivity index (χ1n) is 8.03. The van der Waals surface area contributed by atoms with Crippen LogP contribution in [0.25, 0.3) is 0 Å². The number of halogens is 1. The molecule has 1 fully saturated rings. The highest BCUT2D eigenvalue weighted by Gasteiger charge is 2.42. The molecule has 1 heterocycles. The van der Waals surface area contributed by atoms with E-state index in [9.17, 15) is 14.3 Å². The Labute approximate surface area is 140 Å². The molecule has 1 unspecified atom stereocenters. The van der Waals surface area contributed by atoms with E-state index < -0.39 is 11.7 Å². The Hall–Kier alpha value is -2.40. The summed E-state index contributed by atoms with van der Waals surface area (Å²) in [5, 5.41) is 20.7. The Balaban J connectivity index is 1.97. The maximum atomic E-state index is 13.3. The van der Waals surface area contributed by atoms with Gasteiger partial charge in [-0.25, -0.2) is 9.18 Å². The minimum Gasteiger partial charge on any atom is -0.465 e. The molecule has 24 heavy (non-hydrogen) atoms. The molecular formula is C19H20FNO3. The molecule has 126 valence electrons. The molecule has 5 heteroatoms. The quantitative estimate of drug-likeness (QED) is 0.907. The number of hydrogen-bond acceptors (Lipinski definition) is 2. The highest BCUT2D eigenvalue weighted by Crippen LogP contribution is 2.41. The van der Waals surface area contributed by atoms with E-state index in [0.29, 0.717) is 31.5 Å². The Kier molecular flexibility index (Phi) is 4.53. The molecule has 0 aromatic heterocycles. The number of hydrogen-bond donors (Lipinski definition) is 2. The number of carboxylic acid groups (broad SMARTS) is 1. The average molecular weight is 329 g/mol. The highest BCUT2D eigenvalue weighted by molar-refractivity contribution is 5.65. The van der Waals surface area contributed by atoms with Gasteiger partial charge in [0.2, 0.25) is 0 Å². The van der Waals surface area contributed by atoms with Crippen molar-refractivity contribution in [2.24, 2.45) is 5.92 Å². The summed E-state index contributed by atoms with van der Waals surface area (Å²) in [5.41, 5.74) is 0.105. The maximum Gasteiger partial charge on any atom is 0.407 e. The predicted molar refractivity (Wildman–Crippen MR) is 88.2 cm³/mol. The zero-order valence-corrected chi connectivity index (χ0v) is 13.2. The molecule has 4 nitrogen and oxygen atoms in total. The Morgan fingerprint density at radius 2 is 1.54 bits per heavy atom. The zero-order chi connectivity index (χ0) is 17.2. The molecule has 1 atom stereocenters. The molecule has 0 saturated carbocycles. The molecule has 1 saturated heterocycles. The summed E-state index contributed by atoms with van der Waals surface area (Å²) in [7, 11) is 0. The molecule has 1 aliphatic heterocycles. The smallest absolute Gasteiger partial charge is 0.407 e. The number of aliphatic hydroxyl groups is 1. The van der Waals surface area contributed by atoms with Gasteiger partial charge in [-0.15, -0.1) is 0 Å². The summed E-state index contributed by atoms with van der Waals surface area (Å²) in [4.78, 5) is 12.5. The summed E-state index contributed by atoms with van der Waals surface area (Å²) in [6.07, 6.45) is 0.169. The van der Waals surface area contributed by atoms with Crippen molar-refractivity contribution >= 4 is 6.09 Å². The molecule has 0 aliphatic carbocycles. The van der Waals surface area contributed by atoms with Crippen LogP contribution in [0.4, 0.5) is 9.18 Å². The van der Waals surface area contributed by atoms with Crippen molar-refractivity contribution in [1.29, 1.82) is 0 Å². The van der Waals surface area contributed by atoms with Gasteiger partial charge in [-0.3, -0.25) is 0 Å². The standard InChI is InChI=1S/C19H20FNO3/c20-17-8-6-15(7-9-17)19(24,14-4-2-1-3-5-14)16-10-12-21(13-11-16)18(22)23/h1-9,16,24H,10-13H2,(H,22,23). The van der Waals surface area contributed by atoms with Crippen LogP contribution in [0.1, 0.15) is 24.0 Å². The predicted octanol–water partition coefficient (Wildman–Crippen LogP) is 3.45. The van der Waals surface area contributed by atoms with Crippen molar-refractivity contribution in [3.8, 4) is 0 Å². The van der Waals surface area contributed by atoms with Gasteiger partial charge in [-0.2, -0.15) is 0 Å². The molecule has 1 amide bonds. The largest absolute Gasteiger partial charge is 0.465 e. The van der Waals surface area contributed by atoms with E-state index in [1.54, 1.807) is 12.1 Å².